The van der Waals surface area contributed by atoms with Gasteiger partial charge in [-0.15, -0.1) is 0 Å². The van der Waals surface area contributed by atoms with E-state index >= 15 is 0 Å². The molecule has 0 fully saturated rings. The monoisotopic (exact) mass is 442 g/mol. The molecule has 0 unspecified atom stereocenters. The van der Waals surface area contributed by atoms with Crippen molar-refractivity contribution in [2.24, 2.45) is 0 Å². The van der Waals surface area contributed by atoms with E-state index in [0.717, 1.165) is 40.7 Å². The van der Waals surface area contributed by atoms with Crippen molar-refractivity contribution in [1.29, 1.82) is 0 Å². The first-order chi connectivity index (χ1) is 14.8. The molecule has 2 rings (SSSR count). The average molecular weight is 443 g/mol. The first kappa shape index (κ1) is 25.4. The highest BCUT2D eigenvalue weighted by Crippen LogP contribution is 2.29. The van der Waals surface area contributed by atoms with Crippen molar-refractivity contribution < 1.29 is 13.9 Å². The molecule has 4 heteroatoms. The lowest BCUT2D eigenvalue weighted by atomic mass is 10.0. The van der Waals surface area contributed by atoms with E-state index in [9.17, 15) is 4.79 Å². The number of furan rings is 1. The number of aryl methyl sites for hydroxylation is 1. The molecule has 0 aliphatic rings. The molecule has 0 aliphatic heterocycles. The number of esters is 1. The third kappa shape index (κ3) is 8.32. The summed E-state index contributed by atoms with van der Waals surface area (Å²) >= 11 is 0. The lowest BCUT2D eigenvalue weighted by Gasteiger charge is -2.16. The van der Waals surface area contributed by atoms with Crippen LogP contribution in [0.25, 0.3) is 11.1 Å². The Labute approximate surface area is 190 Å². The Hall–Kier alpha value is -1.81. The first-order valence-corrected chi connectivity index (χ1v) is 15.7. The zero-order valence-electron chi connectivity index (χ0n) is 20.4. The van der Waals surface area contributed by atoms with Crippen molar-refractivity contribution in [3.63, 3.8) is 0 Å². The molecule has 31 heavy (non-hydrogen) atoms. The summed E-state index contributed by atoms with van der Waals surface area (Å²) in [5.74, 6) is 0.768. The maximum Gasteiger partial charge on any atom is 0.306 e. The van der Waals surface area contributed by atoms with Gasteiger partial charge in [0.05, 0.1) is 5.38 Å². The van der Waals surface area contributed by atoms with Gasteiger partial charge in [0, 0.05) is 17.5 Å². The fourth-order valence-electron chi connectivity index (χ4n) is 4.00. The van der Waals surface area contributed by atoms with Crippen LogP contribution in [0.3, 0.4) is 0 Å². The highest BCUT2D eigenvalue weighted by atomic mass is 28.3. The lowest BCUT2D eigenvalue weighted by molar-refractivity contribution is -0.145. The first-order valence-electron chi connectivity index (χ1n) is 12.2. The van der Waals surface area contributed by atoms with Gasteiger partial charge in [-0.2, -0.15) is 0 Å². The second-order valence-corrected chi connectivity index (χ2v) is 14.7. The molecule has 0 radical (unpaired) electrons. The van der Waals surface area contributed by atoms with Gasteiger partial charge in [0.25, 0.3) is 0 Å². The number of hydrogen-bond donors (Lipinski definition) is 0. The summed E-state index contributed by atoms with van der Waals surface area (Å²) in [6.07, 6.45) is 11.7. The van der Waals surface area contributed by atoms with Crippen LogP contribution in [0.4, 0.5) is 0 Å². The van der Waals surface area contributed by atoms with Gasteiger partial charge in [0.2, 0.25) is 0 Å². The summed E-state index contributed by atoms with van der Waals surface area (Å²) in [4.78, 5) is 12.3. The fraction of sp³-hybridized carbons (Fsp3) is 0.593. The molecule has 1 aromatic carbocycles. The SMILES string of the molecule is CCCCCCCCCCCC(=O)OCc1c(C)oc([Si](C)(C)C)c1-c1ccccc1. The minimum Gasteiger partial charge on any atom is -0.470 e. The van der Waals surface area contributed by atoms with Gasteiger partial charge in [-0.1, -0.05) is 108 Å². The zero-order valence-corrected chi connectivity index (χ0v) is 21.4. The molecule has 0 aliphatic carbocycles. The van der Waals surface area contributed by atoms with Crippen LogP contribution < -0.4 is 5.38 Å². The van der Waals surface area contributed by atoms with Crippen LogP contribution in [-0.4, -0.2) is 14.0 Å². The van der Waals surface area contributed by atoms with Crippen molar-refractivity contribution in [3.05, 3.63) is 41.7 Å². The number of unbranched alkanes of at least 4 members (excludes halogenated alkanes) is 8. The molecular formula is C27H42O3Si. The number of benzene rings is 1. The standard InChI is InChI=1S/C27H42O3Si/c1-6-7-8-9-10-11-12-13-17-20-25(28)29-21-24-22(2)30-27(31(3,4)5)26(24)23-18-15-14-16-19-23/h14-16,18-19H,6-13,17,20-21H2,1-5H3. The van der Waals surface area contributed by atoms with Crippen LogP contribution in [0.2, 0.25) is 19.6 Å². The molecule has 3 nitrogen and oxygen atoms in total. The second kappa shape index (κ2) is 12.9. The van der Waals surface area contributed by atoms with Gasteiger partial charge in [-0.25, -0.2) is 0 Å². The minimum atomic E-state index is -1.68. The molecule has 2 aromatic rings. The van der Waals surface area contributed by atoms with Crippen LogP contribution in [0.1, 0.15) is 82.5 Å². The van der Waals surface area contributed by atoms with Crippen LogP contribution >= 0.6 is 0 Å². The predicted octanol–water partition coefficient (Wildman–Crippen LogP) is 7.76. The Kier molecular flexibility index (Phi) is 10.6. The topological polar surface area (TPSA) is 39.4 Å². The third-order valence-corrected chi connectivity index (χ3v) is 7.53. The van der Waals surface area contributed by atoms with Gasteiger partial charge >= 0.3 is 5.97 Å². The van der Waals surface area contributed by atoms with Crippen molar-refractivity contribution in [3.8, 4) is 11.1 Å². The quantitative estimate of drug-likeness (QED) is 0.170. The van der Waals surface area contributed by atoms with Gasteiger partial charge in [0.15, 0.2) is 0 Å². The highest BCUT2D eigenvalue weighted by Gasteiger charge is 2.29. The molecule has 0 saturated carbocycles. The Morgan fingerprint density at radius 3 is 2.06 bits per heavy atom. The van der Waals surface area contributed by atoms with Gasteiger partial charge in [-0.05, 0) is 18.9 Å². The number of carbonyl (C=O) groups excluding carboxylic acids is 1. The largest absolute Gasteiger partial charge is 0.470 e. The number of hydrogen-bond acceptors (Lipinski definition) is 3. The Balaban J connectivity index is 1.86. The van der Waals surface area contributed by atoms with Crippen molar-refractivity contribution >= 4 is 19.4 Å². The minimum absolute atomic E-state index is 0.0999. The van der Waals surface area contributed by atoms with E-state index < -0.39 is 8.07 Å². The summed E-state index contributed by atoms with van der Waals surface area (Å²) in [5.41, 5.74) is 3.29. The van der Waals surface area contributed by atoms with Crippen LogP contribution in [0.5, 0.6) is 0 Å². The van der Waals surface area contributed by atoms with Crippen LogP contribution in [0, 0.1) is 6.92 Å². The Bertz CT molecular complexity index is 787. The van der Waals surface area contributed by atoms with E-state index in [1.807, 2.05) is 25.1 Å². The van der Waals surface area contributed by atoms with E-state index in [1.54, 1.807) is 0 Å². The maximum absolute atomic E-state index is 12.3. The number of ether oxygens (including phenoxy) is 1. The molecule has 172 valence electrons. The Morgan fingerprint density at radius 2 is 1.48 bits per heavy atom. The van der Waals surface area contributed by atoms with E-state index in [2.05, 4.69) is 38.7 Å². The maximum atomic E-state index is 12.3. The van der Waals surface area contributed by atoms with Gasteiger partial charge in [-0.3, -0.25) is 4.79 Å². The summed E-state index contributed by atoms with van der Waals surface area (Å²) in [5, 5.41) is 1.08. The number of rotatable bonds is 14. The fourth-order valence-corrected chi connectivity index (χ4v) is 5.50. The second-order valence-electron chi connectivity index (χ2n) is 9.70. The normalized spacial score (nSPS) is 11.6. The predicted molar refractivity (Wildman–Crippen MR) is 134 cm³/mol. The molecule has 0 atom stereocenters. The van der Waals surface area contributed by atoms with Gasteiger partial charge in [0.1, 0.15) is 20.4 Å². The average Bonchev–Trinajstić information content (AvgIpc) is 3.08. The smallest absolute Gasteiger partial charge is 0.306 e. The van der Waals surface area contributed by atoms with E-state index in [4.69, 9.17) is 9.15 Å². The Morgan fingerprint density at radius 1 is 0.903 bits per heavy atom. The van der Waals surface area contributed by atoms with E-state index in [0.29, 0.717) is 13.0 Å². The van der Waals surface area contributed by atoms with Crippen molar-refractivity contribution in [2.45, 2.75) is 104 Å². The molecule has 1 heterocycles. The third-order valence-electron chi connectivity index (χ3n) is 5.81. The van der Waals surface area contributed by atoms with Gasteiger partial charge < -0.3 is 9.15 Å². The van der Waals surface area contributed by atoms with E-state index in [1.165, 1.54) is 44.9 Å². The van der Waals surface area contributed by atoms with Crippen molar-refractivity contribution in [1.82, 2.24) is 0 Å². The zero-order chi connectivity index (χ0) is 22.7. The summed E-state index contributed by atoms with van der Waals surface area (Å²) in [6, 6.07) is 10.3. The summed E-state index contributed by atoms with van der Waals surface area (Å²) < 4.78 is 11.9. The number of carbonyl (C=O) groups is 1. The summed E-state index contributed by atoms with van der Waals surface area (Å²) in [7, 11) is -1.68. The highest BCUT2D eigenvalue weighted by molar-refractivity contribution is 6.88. The molecule has 0 saturated heterocycles. The molecule has 0 spiro atoms. The molecule has 1 aromatic heterocycles. The van der Waals surface area contributed by atoms with Crippen LogP contribution in [0.15, 0.2) is 34.7 Å². The molecule has 0 amide bonds. The lowest BCUT2D eigenvalue weighted by Crippen LogP contribution is -2.38. The van der Waals surface area contributed by atoms with Crippen LogP contribution in [-0.2, 0) is 16.1 Å². The summed E-state index contributed by atoms with van der Waals surface area (Å²) in [6.45, 7) is 11.4. The molecular weight excluding hydrogens is 400 g/mol. The molecule has 0 N–H and O–H groups in total. The molecule has 0 bridgehead atoms. The van der Waals surface area contributed by atoms with E-state index in [-0.39, 0.29) is 5.97 Å². The van der Waals surface area contributed by atoms with Crippen molar-refractivity contribution in [2.75, 3.05) is 0 Å².